The molecule has 2 heterocycles. The van der Waals surface area contributed by atoms with Gasteiger partial charge in [0.15, 0.2) is 17.5 Å². The minimum absolute atomic E-state index is 0.0395. The van der Waals surface area contributed by atoms with Crippen molar-refractivity contribution in [3.05, 3.63) is 181 Å². The van der Waals surface area contributed by atoms with Crippen LogP contribution in [0.15, 0.2) is 170 Å². The third-order valence-corrected chi connectivity index (χ3v) is 11.6. The van der Waals surface area contributed by atoms with Crippen molar-refractivity contribution in [1.29, 1.82) is 0 Å². The summed E-state index contributed by atoms with van der Waals surface area (Å²) in [4.78, 5) is 20.0. The summed E-state index contributed by atoms with van der Waals surface area (Å²) in [6.45, 7) is 9.50. The highest BCUT2D eigenvalue weighted by Gasteiger charge is 2.45. The molecular weight excluding hydrogens is 657 g/mol. The fourth-order valence-electron chi connectivity index (χ4n) is 7.76. The molecule has 0 spiro atoms. The van der Waals surface area contributed by atoms with Gasteiger partial charge >= 0.3 is 0 Å². The Bertz CT molecular complexity index is 2520. The van der Waals surface area contributed by atoms with Crippen molar-refractivity contribution in [2.24, 2.45) is 0 Å². The molecule has 0 bridgehead atoms. The van der Waals surface area contributed by atoms with Crippen molar-refractivity contribution < 1.29 is 0 Å². The first-order valence-electron chi connectivity index (χ1n) is 18.6. The molecule has 0 amide bonds. The van der Waals surface area contributed by atoms with Gasteiger partial charge in [-0.2, -0.15) is 0 Å². The number of rotatable bonds is 6. The monoisotopic (exact) mass is 696 g/mol. The number of hydrogen-bond acceptors (Lipinski definition) is 4. The molecule has 1 aliphatic rings. The van der Waals surface area contributed by atoms with E-state index >= 15 is 0 Å². The maximum Gasteiger partial charge on any atom is 0.165 e. The summed E-state index contributed by atoms with van der Waals surface area (Å²) >= 11 is 0. The van der Waals surface area contributed by atoms with Gasteiger partial charge in [-0.25, -0.2) is 15.0 Å². The van der Waals surface area contributed by atoms with Crippen molar-refractivity contribution in [2.75, 3.05) is 0 Å². The van der Waals surface area contributed by atoms with E-state index in [-0.39, 0.29) is 10.8 Å². The second kappa shape index (κ2) is 13.2. The minimum Gasteiger partial charge on any atom is -0.255 e. The van der Waals surface area contributed by atoms with Crippen LogP contribution in [0.25, 0.3) is 78.8 Å². The lowest BCUT2D eigenvalue weighted by Crippen LogP contribution is -2.43. The van der Waals surface area contributed by atoms with Gasteiger partial charge in [-0.1, -0.05) is 167 Å². The van der Waals surface area contributed by atoms with E-state index in [1.54, 1.807) is 0 Å². The summed E-state index contributed by atoms with van der Waals surface area (Å²) in [6, 6.07) is 57.5. The van der Waals surface area contributed by atoms with Gasteiger partial charge in [-0.15, -0.1) is 0 Å². The Labute approximate surface area is 317 Å². The molecule has 6 aromatic carbocycles. The summed E-state index contributed by atoms with van der Waals surface area (Å²) in [5.74, 6) is 1.81. The highest BCUT2D eigenvalue weighted by atomic mass is 15.0. The fourth-order valence-corrected chi connectivity index (χ4v) is 7.76. The van der Waals surface area contributed by atoms with E-state index in [1.165, 1.54) is 33.4 Å². The van der Waals surface area contributed by atoms with Crippen LogP contribution < -0.4 is 0 Å². The molecule has 0 unspecified atom stereocenters. The summed E-state index contributed by atoms with van der Waals surface area (Å²) in [6.07, 6.45) is 1.86. The Hall–Kier alpha value is -6.52. The van der Waals surface area contributed by atoms with E-state index in [9.17, 15) is 0 Å². The van der Waals surface area contributed by atoms with E-state index in [4.69, 9.17) is 19.9 Å². The zero-order chi connectivity index (χ0) is 36.9. The van der Waals surface area contributed by atoms with E-state index in [0.29, 0.717) is 17.5 Å². The highest BCUT2D eigenvalue weighted by molar-refractivity contribution is 5.82. The molecule has 0 fully saturated rings. The van der Waals surface area contributed by atoms with Crippen molar-refractivity contribution in [1.82, 2.24) is 19.9 Å². The fraction of sp³-hybridized carbons (Fsp3) is 0.120. The molecule has 4 nitrogen and oxygen atoms in total. The maximum absolute atomic E-state index is 5.10. The van der Waals surface area contributed by atoms with Crippen LogP contribution in [-0.4, -0.2) is 19.9 Å². The van der Waals surface area contributed by atoms with Gasteiger partial charge in [0.25, 0.3) is 0 Å². The third kappa shape index (κ3) is 5.81. The number of benzene rings is 6. The SMILES string of the molecule is CC1(C)c2ccccc2-c2ccc(-c3cccc(-c4nc(-c5ccc(-c6ccccc6)cc5)nc(-c5ccc(-c6ccccc6)nc5)n4)c3)cc2C1(C)C. The maximum atomic E-state index is 5.10. The predicted molar refractivity (Wildman–Crippen MR) is 222 cm³/mol. The van der Waals surface area contributed by atoms with E-state index in [1.807, 2.05) is 42.6 Å². The molecule has 8 aromatic rings. The molecule has 0 radical (unpaired) electrons. The predicted octanol–water partition coefficient (Wildman–Crippen LogP) is 12.5. The summed E-state index contributed by atoms with van der Waals surface area (Å²) in [7, 11) is 0. The lowest BCUT2D eigenvalue weighted by molar-refractivity contribution is 0.299. The molecule has 0 aliphatic heterocycles. The number of aromatic nitrogens is 4. The van der Waals surface area contributed by atoms with Crippen molar-refractivity contribution in [2.45, 2.75) is 38.5 Å². The first-order chi connectivity index (χ1) is 26.3. The Morgan fingerprint density at radius 2 is 0.815 bits per heavy atom. The van der Waals surface area contributed by atoms with Gasteiger partial charge in [-0.05, 0) is 79.6 Å². The van der Waals surface area contributed by atoms with E-state index < -0.39 is 0 Å². The van der Waals surface area contributed by atoms with Crippen LogP contribution in [0.4, 0.5) is 0 Å². The topological polar surface area (TPSA) is 51.6 Å². The first kappa shape index (κ1) is 33.3. The average molecular weight is 697 g/mol. The van der Waals surface area contributed by atoms with Gasteiger partial charge < -0.3 is 0 Å². The summed E-state index contributed by atoms with van der Waals surface area (Å²) < 4.78 is 0. The zero-order valence-corrected chi connectivity index (χ0v) is 31.0. The van der Waals surface area contributed by atoms with Crippen LogP contribution in [0.2, 0.25) is 0 Å². The van der Waals surface area contributed by atoms with Crippen molar-refractivity contribution in [3.8, 4) is 78.8 Å². The van der Waals surface area contributed by atoms with Gasteiger partial charge in [0.05, 0.1) is 5.69 Å². The molecule has 260 valence electrons. The van der Waals surface area contributed by atoms with Crippen LogP contribution in [0.3, 0.4) is 0 Å². The largest absolute Gasteiger partial charge is 0.255 e. The number of hydrogen-bond donors (Lipinski definition) is 0. The Balaban J connectivity index is 1.13. The summed E-state index contributed by atoms with van der Waals surface area (Å²) in [5.41, 5.74) is 14.5. The Kier molecular flexibility index (Phi) is 8.12. The standard InChI is InChI=1S/C50H40N4/c1-49(2)43-21-12-11-20-41(43)42-28-26-38(31-44(42)50(49,3)4)37-18-13-19-39(30-37)47-52-46(36-24-22-34(23-25-36)33-14-7-5-8-15-33)53-48(54-47)40-27-29-45(51-32-40)35-16-9-6-10-17-35/h5-32H,1-4H3. The third-order valence-electron chi connectivity index (χ3n) is 11.6. The lowest BCUT2D eigenvalue weighted by atomic mass is 9.55. The average Bonchev–Trinajstić information content (AvgIpc) is 3.23. The Morgan fingerprint density at radius 3 is 1.52 bits per heavy atom. The van der Waals surface area contributed by atoms with Gasteiger partial charge in [0, 0.05) is 28.5 Å². The normalized spacial score (nSPS) is 13.9. The number of pyridine rings is 1. The van der Waals surface area contributed by atoms with Gasteiger partial charge in [0.2, 0.25) is 0 Å². The smallest absolute Gasteiger partial charge is 0.165 e. The van der Waals surface area contributed by atoms with Crippen molar-refractivity contribution >= 4 is 0 Å². The minimum atomic E-state index is -0.0809. The Morgan fingerprint density at radius 1 is 0.333 bits per heavy atom. The van der Waals surface area contributed by atoms with Crippen LogP contribution in [0, 0.1) is 0 Å². The molecule has 0 atom stereocenters. The first-order valence-corrected chi connectivity index (χ1v) is 18.6. The van der Waals surface area contributed by atoms with Gasteiger partial charge in [-0.3, -0.25) is 4.98 Å². The van der Waals surface area contributed by atoms with Gasteiger partial charge in [0.1, 0.15) is 0 Å². The quantitative estimate of drug-likeness (QED) is 0.174. The van der Waals surface area contributed by atoms with E-state index in [0.717, 1.165) is 39.1 Å². The zero-order valence-electron chi connectivity index (χ0n) is 31.0. The number of fused-ring (bicyclic) bond motifs is 3. The molecule has 54 heavy (non-hydrogen) atoms. The molecule has 4 heteroatoms. The lowest BCUT2D eigenvalue weighted by Gasteiger charge is -2.48. The van der Waals surface area contributed by atoms with Crippen LogP contribution in [0.5, 0.6) is 0 Å². The molecular formula is C50H40N4. The van der Waals surface area contributed by atoms with Crippen LogP contribution in [-0.2, 0) is 10.8 Å². The molecule has 0 saturated heterocycles. The molecule has 2 aromatic heterocycles. The van der Waals surface area contributed by atoms with E-state index in [2.05, 4.69) is 155 Å². The van der Waals surface area contributed by atoms with Crippen LogP contribution in [0.1, 0.15) is 38.8 Å². The number of nitrogens with zero attached hydrogens (tertiary/aromatic N) is 4. The molecule has 0 N–H and O–H groups in total. The van der Waals surface area contributed by atoms with Crippen LogP contribution >= 0.6 is 0 Å². The second-order valence-electron chi connectivity index (χ2n) is 15.2. The molecule has 0 saturated carbocycles. The summed E-state index contributed by atoms with van der Waals surface area (Å²) in [5, 5.41) is 0. The molecule has 1 aliphatic carbocycles. The van der Waals surface area contributed by atoms with Crippen molar-refractivity contribution in [3.63, 3.8) is 0 Å². The molecule has 9 rings (SSSR count). The second-order valence-corrected chi connectivity index (χ2v) is 15.2. The highest BCUT2D eigenvalue weighted by Crippen LogP contribution is 2.54.